The average Bonchev–Trinajstić information content (AvgIpc) is 2.52. The third-order valence-electron chi connectivity index (χ3n) is 2.74. The highest BCUT2D eigenvalue weighted by Gasteiger charge is 2.05. The van der Waals surface area contributed by atoms with E-state index in [0.29, 0.717) is 22.9 Å². The second kappa shape index (κ2) is 7.32. The number of carbonyl (C=O) groups is 1. The lowest BCUT2D eigenvalue weighted by atomic mass is 10.1. The topological polar surface area (TPSA) is 62.1 Å². The molecule has 0 bridgehead atoms. The van der Waals surface area contributed by atoms with Crippen molar-refractivity contribution in [2.45, 2.75) is 6.54 Å². The fourth-order valence-electron chi connectivity index (χ4n) is 1.71. The highest BCUT2D eigenvalue weighted by molar-refractivity contribution is 6.32. The van der Waals surface area contributed by atoms with Crippen LogP contribution in [0.4, 0.5) is 0 Å². The number of hydrogen-bond donors (Lipinski definition) is 1. The number of nitriles is 1. The summed E-state index contributed by atoms with van der Waals surface area (Å²) < 4.78 is 5.34. The van der Waals surface area contributed by atoms with Gasteiger partial charge in [-0.05, 0) is 29.8 Å². The number of hydrogen-bond acceptors (Lipinski definition) is 3. The summed E-state index contributed by atoms with van der Waals surface area (Å²) in [5.41, 5.74) is 1.43. The number of benzene rings is 2. The van der Waals surface area contributed by atoms with Crippen molar-refractivity contribution in [2.75, 3.05) is 6.61 Å². The molecule has 2 aromatic carbocycles. The molecule has 21 heavy (non-hydrogen) atoms. The molecule has 0 radical (unpaired) electrons. The normalized spacial score (nSPS) is 9.71. The number of nitrogens with zero attached hydrogens (tertiary/aromatic N) is 1. The van der Waals surface area contributed by atoms with Crippen molar-refractivity contribution < 1.29 is 9.53 Å². The molecule has 0 aliphatic rings. The first-order chi connectivity index (χ1) is 10.2. The molecule has 2 aromatic rings. The molecule has 0 atom stereocenters. The van der Waals surface area contributed by atoms with Crippen LogP contribution in [0.15, 0.2) is 48.5 Å². The number of rotatable bonds is 5. The molecule has 4 nitrogen and oxygen atoms in total. The molecule has 0 aliphatic carbocycles. The van der Waals surface area contributed by atoms with Crippen LogP contribution >= 0.6 is 11.6 Å². The Morgan fingerprint density at radius 1 is 1.24 bits per heavy atom. The fraction of sp³-hybridized carbons (Fsp3) is 0.125. The summed E-state index contributed by atoms with van der Waals surface area (Å²) in [5, 5.41) is 12.0. The summed E-state index contributed by atoms with van der Waals surface area (Å²) in [5.74, 6) is 0.220. The maximum absolute atomic E-state index is 11.7. The lowest BCUT2D eigenvalue weighted by molar-refractivity contribution is -0.123. The Hall–Kier alpha value is -2.51. The molecule has 0 spiro atoms. The molecule has 0 saturated carbocycles. The Bertz CT molecular complexity index is 680. The van der Waals surface area contributed by atoms with Gasteiger partial charge in [0.1, 0.15) is 5.75 Å². The Labute approximate surface area is 127 Å². The molecule has 5 heteroatoms. The van der Waals surface area contributed by atoms with Gasteiger partial charge in [0, 0.05) is 6.54 Å². The quantitative estimate of drug-likeness (QED) is 0.923. The van der Waals surface area contributed by atoms with Gasteiger partial charge in [-0.3, -0.25) is 4.79 Å². The average molecular weight is 301 g/mol. The van der Waals surface area contributed by atoms with Crippen molar-refractivity contribution in [1.82, 2.24) is 5.32 Å². The zero-order valence-corrected chi connectivity index (χ0v) is 11.9. The minimum Gasteiger partial charge on any atom is -0.482 e. The van der Waals surface area contributed by atoms with Gasteiger partial charge in [0.05, 0.1) is 16.7 Å². The van der Waals surface area contributed by atoms with Gasteiger partial charge < -0.3 is 10.1 Å². The standard InChI is InChI=1S/C16H13ClN2O2/c17-14-6-1-2-7-15(14)21-11-16(20)19-10-13-5-3-4-12(8-13)9-18/h1-8H,10-11H2,(H,19,20). The molecule has 0 unspecified atom stereocenters. The summed E-state index contributed by atoms with van der Waals surface area (Å²) >= 11 is 5.93. The van der Waals surface area contributed by atoms with Gasteiger partial charge in [-0.1, -0.05) is 35.9 Å². The maximum atomic E-state index is 11.7. The fourth-order valence-corrected chi connectivity index (χ4v) is 1.90. The summed E-state index contributed by atoms with van der Waals surface area (Å²) in [6.45, 7) is 0.238. The van der Waals surface area contributed by atoms with Gasteiger partial charge in [-0.25, -0.2) is 0 Å². The predicted molar refractivity (Wildman–Crippen MR) is 80.0 cm³/mol. The van der Waals surface area contributed by atoms with Crippen LogP contribution in [0.2, 0.25) is 5.02 Å². The summed E-state index contributed by atoms with van der Waals surface area (Å²) in [7, 11) is 0. The zero-order valence-electron chi connectivity index (χ0n) is 11.2. The SMILES string of the molecule is N#Cc1cccc(CNC(=O)COc2ccccc2Cl)c1. The Morgan fingerprint density at radius 2 is 2.05 bits per heavy atom. The molecule has 0 aliphatic heterocycles. The van der Waals surface area contributed by atoms with Gasteiger partial charge in [-0.2, -0.15) is 5.26 Å². The number of amides is 1. The van der Waals surface area contributed by atoms with Gasteiger partial charge >= 0.3 is 0 Å². The minimum atomic E-state index is -0.253. The minimum absolute atomic E-state index is 0.109. The second-order valence-electron chi connectivity index (χ2n) is 4.31. The van der Waals surface area contributed by atoms with Crippen LogP contribution < -0.4 is 10.1 Å². The van der Waals surface area contributed by atoms with Crippen molar-refractivity contribution in [2.24, 2.45) is 0 Å². The third-order valence-corrected chi connectivity index (χ3v) is 3.05. The van der Waals surface area contributed by atoms with Crippen LogP contribution in [0, 0.1) is 11.3 Å². The van der Waals surface area contributed by atoms with Gasteiger partial charge in [0.15, 0.2) is 6.61 Å². The first kappa shape index (κ1) is 14.9. The van der Waals surface area contributed by atoms with Crippen molar-refractivity contribution in [3.8, 4) is 11.8 Å². The largest absolute Gasteiger partial charge is 0.482 e. The molecule has 0 aromatic heterocycles. The van der Waals surface area contributed by atoms with Crippen LogP contribution in [-0.2, 0) is 11.3 Å². The molecule has 0 heterocycles. The number of carbonyl (C=O) groups excluding carboxylic acids is 1. The molecular weight excluding hydrogens is 288 g/mol. The lowest BCUT2D eigenvalue weighted by Gasteiger charge is -2.08. The Morgan fingerprint density at radius 3 is 2.81 bits per heavy atom. The summed E-state index contributed by atoms with van der Waals surface area (Å²) in [6, 6.07) is 16.1. The highest BCUT2D eigenvalue weighted by Crippen LogP contribution is 2.22. The van der Waals surface area contributed by atoms with Crippen LogP contribution in [0.5, 0.6) is 5.75 Å². The van der Waals surface area contributed by atoms with E-state index in [1.807, 2.05) is 6.07 Å². The first-order valence-electron chi connectivity index (χ1n) is 6.32. The highest BCUT2D eigenvalue weighted by atomic mass is 35.5. The zero-order chi connectivity index (χ0) is 15.1. The van der Waals surface area contributed by atoms with E-state index < -0.39 is 0 Å². The first-order valence-corrected chi connectivity index (χ1v) is 6.70. The monoisotopic (exact) mass is 300 g/mol. The third kappa shape index (κ3) is 4.51. The second-order valence-corrected chi connectivity index (χ2v) is 4.72. The maximum Gasteiger partial charge on any atom is 0.258 e. The van der Waals surface area contributed by atoms with E-state index in [1.54, 1.807) is 42.5 Å². The molecule has 2 rings (SSSR count). The van der Waals surface area contributed by atoms with E-state index in [9.17, 15) is 4.79 Å². The van der Waals surface area contributed by atoms with E-state index in [2.05, 4.69) is 11.4 Å². The molecule has 1 amide bonds. The molecular formula is C16H13ClN2O2. The van der Waals surface area contributed by atoms with E-state index in [-0.39, 0.29) is 12.5 Å². The van der Waals surface area contributed by atoms with E-state index in [0.717, 1.165) is 5.56 Å². The van der Waals surface area contributed by atoms with E-state index in [4.69, 9.17) is 21.6 Å². The van der Waals surface area contributed by atoms with Crippen molar-refractivity contribution in [1.29, 1.82) is 5.26 Å². The van der Waals surface area contributed by atoms with Crippen molar-refractivity contribution in [3.05, 3.63) is 64.7 Å². The number of halogens is 1. The van der Waals surface area contributed by atoms with E-state index in [1.165, 1.54) is 0 Å². The van der Waals surface area contributed by atoms with Crippen LogP contribution in [0.1, 0.15) is 11.1 Å². The number of nitrogens with one attached hydrogen (secondary N) is 1. The Kier molecular flexibility index (Phi) is 5.19. The lowest BCUT2D eigenvalue weighted by Crippen LogP contribution is -2.28. The summed E-state index contributed by atoms with van der Waals surface area (Å²) in [6.07, 6.45) is 0. The number of ether oxygens (including phenoxy) is 1. The smallest absolute Gasteiger partial charge is 0.258 e. The molecule has 1 N–H and O–H groups in total. The van der Waals surface area contributed by atoms with Crippen LogP contribution in [0.3, 0.4) is 0 Å². The molecule has 106 valence electrons. The van der Waals surface area contributed by atoms with Crippen molar-refractivity contribution in [3.63, 3.8) is 0 Å². The predicted octanol–water partition coefficient (Wildman–Crippen LogP) is 2.91. The summed E-state index contributed by atoms with van der Waals surface area (Å²) in [4.78, 5) is 11.7. The van der Waals surface area contributed by atoms with Crippen LogP contribution in [-0.4, -0.2) is 12.5 Å². The Balaban J connectivity index is 1.82. The van der Waals surface area contributed by atoms with Crippen molar-refractivity contribution >= 4 is 17.5 Å². The molecule has 0 fully saturated rings. The van der Waals surface area contributed by atoms with Gasteiger partial charge in [-0.15, -0.1) is 0 Å². The van der Waals surface area contributed by atoms with Gasteiger partial charge in [0.25, 0.3) is 5.91 Å². The molecule has 0 saturated heterocycles. The van der Waals surface area contributed by atoms with Gasteiger partial charge in [0.2, 0.25) is 0 Å². The van der Waals surface area contributed by atoms with E-state index >= 15 is 0 Å². The number of para-hydroxylation sites is 1. The van der Waals surface area contributed by atoms with Crippen LogP contribution in [0.25, 0.3) is 0 Å².